The molecule has 1 heterocycles. The third kappa shape index (κ3) is 3.52. The Kier molecular flexibility index (Phi) is 5.29. The highest BCUT2D eigenvalue weighted by Crippen LogP contribution is 2.44. The molecule has 3 aromatic carbocycles. The van der Waals surface area contributed by atoms with Crippen molar-refractivity contribution < 1.29 is 24.2 Å². The first-order chi connectivity index (χ1) is 16.0. The smallest absolute Gasteiger partial charge is 0.409 e. The average Bonchev–Trinajstić information content (AvgIpc) is 3.44. The van der Waals surface area contributed by atoms with Crippen LogP contribution in [0.4, 0.5) is 4.79 Å². The highest BCUT2D eigenvalue weighted by atomic mass is 16.6. The van der Waals surface area contributed by atoms with Crippen LogP contribution in [-0.4, -0.2) is 48.9 Å². The molecule has 1 aliphatic heterocycles. The molecule has 1 unspecified atom stereocenters. The van der Waals surface area contributed by atoms with Gasteiger partial charge in [0, 0.05) is 19.0 Å². The number of amides is 1. The minimum atomic E-state index is -1.15. The van der Waals surface area contributed by atoms with Gasteiger partial charge in [0.1, 0.15) is 17.8 Å². The van der Waals surface area contributed by atoms with Gasteiger partial charge < -0.3 is 19.5 Å². The lowest BCUT2D eigenvalue weighted by molar-refractivity contribution is -0.143. The summed E-state index contributed by atoms with van der Waals surface area (Å²) in [7, 11) is 1.57. The van der Waals surface area contributed by atoms with E-state index >= 15 is 0 Å². The van der Waals surface area contributed by atoms with Crippen molar-refractivity contribution in [3.63, 3.8) is 0 Å². The number of hydrogen-bond acceptors (Lipinski definition) is 4. The van der Waals surface area contributed by atoms with Gasteiger partial charge in [0.25, 0.3) is 0 Å². The Morgan fingerprint density at radius 1 is 0.970 bits per heavy atom. The Balaban J connectivity index is 1.32. The zero-order chi connectivity index (χ0) is 23.0. The van der Waals surface area contributed by atoms with Crippen molar-refractivity contribution in [3.8, 4) is 16.9 Å². The Bertz CT molecular complexity index is 1160. The predicted octanol–water partition coefficient (Wildman–Crippen LogP) is 4.67. The maximum atomic E-state index is 13.0. The molecule has 1 fully saturated rings. The van der Waals surface area contributed by atoms with Gasteiger partial charge in [0.05, 0.1) is 7.11 Å². The third-order valence-electron chi connectivity index (χ3n) is 6.92. The summed E-state index contributed by atoms with van der Waals surface area (Å²) in [4.78, 5) is 26.7. The molecule has 1 amide bonds. The predicted molar refractivity (Wildman–Crippen MR) is 124 cm³/mol. The van der Waals surface area contributed by atoms with E-state index in [9.17, 15) is 14.7 Å². The van der Waals surface area contributed by atoms with Gasteiger partial charge in [-0.1, -0.05) is 60.7 Å². The highest BCUT2D eigenvalue weighted by molar-refractivity contribution is 5.84. The molecule has 33 heavy (non-hydrogen) atoms. The number of methoxy groups -OCH3 is 1. The molecule has 2 aliphatic rings. The fourth-order valence-corrected chi connectivity index (χ4v) is 5.09. The van der Waals surface area contributed by atoms with E-state index in [4.69, 9.17) is 9.47 Å². The van der Waals surface area contributed by atoms with Crippen molar-refractivity contribution >= 4 is 12.1 Å². The van der Waals surface area contributed by atoms with Crippen molar-refractivity contribution in [1.29, 1.82) is 0 Å². The molecular formula is C27H25NO5. The van der Waals surface area contributed by atoms with Crippen LogP contribution < -0.4 is 4.74 Å². The second kappa shape index (κ2) is 8.28. The molecule has 0 spiro atoms. The van der Waals surface area contributed by atoms with E-state index in [1.54, 1.807) is 31.4 Å². The SMILES string of the molecule is COc1ccc(C2(C(=O)O)CCN(C(=O)OCC3c4ccccc4-c4ccccc43)C2)cc1. The molecule has 0 radical (unpaired) electrons. The second-order valence-corrected chi connectivity index (χ2v) is 8.59. The van der Waals surface area contributed by atoms with Crippen molar-refractivity contribution in [1.82, 2.24) is 4.90 Å². The quantitative estimate of drug-likeness (QED) is 0.620. The lowest BCUT2D eigenvalue weighted by Gasteiger charge is -2.25. The number of fused-ring (bicyclic) bond motifs is 3. The van der Waals surface area contributed by atoms with E-state index in [0.29, 0.717) is 24.3 Å². The van der Waals surface area contributed by atoms with E-state index in [1.165, 1.54) is 16.0 Å². The van der Waals surface area contributed by atoms with Crippen LogP contribution in [0.5, 0.6) is 5.75 Å². The van der Waals surface area contributed by atoms with Crippen LogP contribution in [0.3, 0.4) is 0 Å². The normalized spacial score (nSPS) is 19.1. The molecule has 0 bridgehead atoms. The van der Waals surface area contributed by atoms with Gasteiger partial charge in [-0.2, -0.15) is 0 Å². The number of benzene rings is 3. The summed E-state index contributed by atoms with van der Waals surface area (Å²) in [5, 5.41) is 10.1. The van der Waals surface area contributed by atoms with Gasteiger partial charge in [-0.15, -0.1) is 0 Å². The number of carboxylic acid groups (broad SMARTS) is 1. The summed E-state index contributed by atoms with van der Waals surface area (Å²) in [5.41, 5.74) is 4.12. The van der Waals surface area contributed by atoms with Gasteiger partial charge in [0.15, 0.2) is 0 Å². The molecule has 0 aromatic heterocycles. The molecule has 1 aliphatic carbocycles. The zero-order valence-electron chi connectivity index (χ0n) is 18.4. The minimum absolute atomic E-state index is 0.0326. The van der Waals surface area contributed by atoms with Crippen molar-refractivity contribution in [2.24, 2.45) is 0 Å². The molecule has 1 N–H and O–H groups in total. The Hall–Kier alpha value is -3.80. The van der Waals surface area contributed by atoms with Gasteiger partial charge >= 0.3 is 12.1 Å². The van der Waals surface area contributed by atoms with E-state index < -0.39 is 17.5 Å². The number of nitrogens with zero attached hydrogens (tertiary/aromatic N) is 1. The maximum Gasteiger partial charge on any atom is 0.409 e. The van der Waals surface area contributed by atoms with Crippen LogP contribution in [0.2, 0.25) is 0 Å². The highest BCUT2D eigenvalue weighted by Gasteiger charge is 2.48. The first-order valence-electron chi connectivity index (χ1n) is 11.0. The molecule has 5 rings (SSSR count). The summed E-state index contributed by atoms with van der Waals surface area (Å²) >= 11 is 0. The summed E-state index contributed by atoms with van der Waals surface area (Å²) in [6.45, 7) is 0.617. The van der Waals surface area contributed by atoms with Crippen molar-refractivity contribution in [2.45, 2.75) is 17.8 Å². The van der Waals surface area contributed by atoms with Crippen LogP contribution in [0, 0.1) is 0 Å². The molecule has 6 heteroatoms. The van der Waals surface area contributed by atoms with E-state index in [2.05, 4.69) is 24.3 Å². The fourth-order valence-electron chi connectivity index (χ4n) is 5.09. The second-order valence-electron chi connectivity index (χ2n) is 8.59. The lowest BCUT2D eigenvalue weighted by atomic mass is 9.80. The summed E-state index contributed by atoms with van der Waals surface area (Å²) < 4.78 is 10.9. The topological polar surface area (TPSA) is 76.1 Å². The van der Waals surface area contributed by atoms with Crippen LogP contribution in [0.15, 0.2) is 72.8 Å². The van der Waals surface area contributed by atoms with E-state index in [-0.39, 0.29) is 19.1 Å². The molecule has 1 atom stereocenters. The van der Waals surface area contributed by atoms with Crippen molar-refractivity contribution in [2.75, 3.05) is 26.8 Å². The molecule has 0 saturated carbocycles. The first-order valence-corrected chi connectivity index (χ1v) is 11.0. The monoisotopic (exact) mass is 443 g/mol. The van der Waals surface area contributed by atoms with Gasteiger partial charge in [-0.05, 0) is 46.4 Å². The number of ether oxygens (including phenoxy) is 2. The maximum absolute atomic E-state index is 13.0. The Morgan fingerprint density at radius 2 is 1.58 bits per heavy atom. The number of carbonyl (C=O) groups excluding carboxylic acids is 1. The number of carbonyl (C=O) groups is 2. The standard InChI is InChI=1S/C27H25NO5/c1-32-19-12-10-18(11-13-19)27(25(29)30)14-15-28(17-27)26(31)33-16-24-22-8-4-2-6-20(22)21-7-3-5-9-23(21)24/h2-13,24H,14-17H2,1H3,(H,29,30). The average molecular weight is 443 g/mol. The minimum Gasteiger partial charge on any atom is -0.497 e. The molecule has 1 saturated heterocycles. The molecule has 3 aromatic rings. The summed E-state index contributed by atoms with van der Waals surface area (Å²) in [6, 6.07) is 23.4. The number of carboxylic acids is 1. The van der Waals surface area contributed by atoms with Crippen LogP contribution in [-0.2, 0) is 14.9 Å². The van der Waals surface area contributed by atoms with Crippen LogP contribution >= 0.6 is 0 Å². The number of rotatable bonds is 5. The third-order valence-corrected chi connectivity index (χ3v) is 6.92. The van der Waals surface area contributed by atoms with Gasteiger partial charge in [-0.3, -0.25) is 4.79 Å². The molecular weight excluding hydrogens is 418 g/mol. The van der Waals surface area contributed by atoms with Crippen LogP contribution in [0.1, 0.15) is 29.0 Å². The zero-order valence-corrected chi connectivity index (χ0v) is 18.4. The molecule has 6 nitrogen and oxygen atoms in total. The Labute approximate surface area is 192 Å². The van der Waals surface area contributed by atoms with E-state index in [0.717, 1.165) is 11.1 Å². The number of likely N-dealkylation sites (tertiary alicyclic amines) is 1. The Morgan fingerprint density at radius 3 is 2.15 bits per heavy atom. The number of aliphatic carboxylic acids is 1. The van der Waals surface area contributed by atoms with Gasteiger partial charge in [-0.25, -0.2) is 4.79 Å². The summed E-state index contributed by atoms with van der Waals surface area (Å²) in [6.07, 6.45) is -0.146. The lowest BCUT2D eigenvalue weighted by Crippen LogP contribution is -2.40. The number of hydrogen-bond donors (Lipinski definition) is 1. The first kappa shape index (κ1) is 21.1. The van der Waals surface area contributed by atoms with Crippen molar-refractivity contribution in [3.05, 3.63) is 89.5 Å². The van der Waals surface area contributed by atoms with E-state index in [1.807, 2.05) is 24.3 Å². The van der Waals surface area contributed by atoms with Crippen LogP contribution in [0.25, 0.3) is 11.1 Å². The fraction of sp³-hybridized carbons (Fsp3) is 0.259. The largest absolute Gasteiger partial charge is 0.497 e. The molecule has 168 valence electrons. The summed E-state index contributed by atoms with van der Waals surface area (Å²) in [5.74, 6) is -0.318. The van der Waals surface area contributed by atoms with Gasteiger partial charge in [0.2, 0.25) is 0 Å².